The van der Waals surface area contributed by atoms with Crippen molar-refractivity contribution in [2.45, 2.75) is 26.1 Å². The van der Waals surface area contributed by atoms with Crippen LogP contribution in [0.25, 0.3) is 0 Å². The largest absolute Gasteiger partial charge is 0.416 e. The van der Waals surface area contributed by atoms with Crippen molar-refractivity contribution in [3.8, 4) is 0 Å². The van der Waals surface area contributed by atoms with Gasteiger partial charge in [0.2, 0.25) is 0 Å². The van der Waals surface area contributed by atoms with E-state index in [1.807, 2.05) is 13.8 Å². The number of alkyl halides is 3. The highest BCUT2D eigenvalue weighted by molar-refractivity contribution is 8.14. The molecule has 1 aromatic rings. The number of nitrogens with one attached hydrogen (secondary N) is 1. The first-order valence-corrected chi connectivity index (χ1v) is 7.10. The summed E-state index contributed by atoms with van der Waals surface area (Å²) in [6.07, 6.45) is -4.49. The van der Waals surface area contributed by atoms with Crippen LogP contribution in [0.15, 0.2) is 23.2 Å². The number of nitrogens with zero attached hydrogens (tertiary/aromatic N) is 1. The molecule has 1 aromatic carbocycles. The molecule has 20 heavy (non-hydrogen) atoms. The van der Waals surface area contributed by atoms with E-state index in [4.69, 9.17) is 0 Å². The lowest BCUT2D eigenvalue weighted by Gasteiger charge is -2.11. The molecule has 0 fully saturated rings. The summed E-state index contributed by atoms with van der Waals surface area (Å²) in [5, 5.41) is 3.10. The molecule has 0 saturated heterocycles. The quantitative estimate of drug-likeness (QED) is 0.820. The van der Waals surface area contributed by atoms with E-state index in [0.717, 1.165) is 24.0 Å². The molecular formula is C13H14F4N2S. The normalized spacial score (nSPS) is 19.4. The minimum Gasteiger partial charge on any atom is -0.333 e. The van der Waals surface area contributed by atoms with Crippen molar-refractivity contribution in [1.82, 2.24) is 0 Å². The van der Waals surface area contributed by atoms with Crippen molar-refractivity contribution < 1.29 is 17.6 Å². The maximum atomic E-state index is 13.6. The molecule has 1 unspecified atom stereocenters. The number of hydrogen-bond donors (Lipinski definition) is 1. The van der Waals surface area contributed by atoms with Crippen LogP contribution >= 0.6 is 11.8 Å². The van der Waals surface area contributed by atoms with Crippen LogP contribution in [0.5, 0.6) is 0 Å². The second kappa shape index (κ2) is 5.63. The lowest BCUT2D eigenvalue weighted by Crippen LogP contribution is -2.12. The third-order valence-electron chi connectivity index (χ3n) is 2.98. The Morgan fingerprint density at radius 2 is 2.05 bits per heavy atom. The van der Waals surface area contributed by atoms with Crippen LogP contribution in [-0.4, -0.2) is 17.0 Å². The zero-order chi connectivity index (χ0) is 14.9. The maximum Gasteiger partial charge on any atom is 0.416 e. The summed E-state index contributed by atoms with van der Waals surface area (Å²) in [6, 6.07) is 2.41. The molecule has 110 valence electrons. The summed E-state index contributed by atoms with van der Waals surface area (Å²) < 4.78 is 51.4. The van der Waals surface area contributed by atoms with Gasteiger partial charge in [0.05, 0.1) is 17.3 Å². The average Bonchev–Trinajstić information content (AvgIpc) is 2.79. The monoisotopic (exact) mass is 306 g/mol. The van der Waals surface area contributed by atoms with Crippen LogP contribution < -0.4 is 5.32 Å². The number of halogens is 4. The summed E-state index contributed by atoms with van der Waals surface area (Å²) in [5.41, 5.74) is -1.08. The molecule has 1 heterocycles. The fourth-order valence-corrected chi connectivity index (χ4v) is 2.89. The van der Waals surface area contributed by atoms with Gasteiger partial charge in [-0.15, -0.1) is 0 Å². The van der Waals surface area contributed by atoms with Crippen molar-refractivity contribution >= 4 is 22.6 Å². The van der Waals surface area contributed by atoms with Crippen LogP contribution in [0.4, 0.5) is 23.2 Å². The van der Waals surface area contributed by atoms with Gasteiger partial charge < -0.3 is 5.32 Å². The maximum absolute atomic E-state index is 13.6. The van der Waals surface area contributed by atoms with Crippen LogP contribution in [0.1, 0.15) is 19.4 Å². The summed E-state index contributed by atoms with van der Waals surface area (Å²) in [7, 11) is 0. The molecule has 2 rings (SSSR count). The predicted molar refractivity (Wildman–Crippen MR) is 73.5 cm³/mol. The van der Waals surface area contributed by atoms with Gasteiger partial charge in [0, 0.05) is 5.75 Å². The Morgan fingerprint density at radius 3 is 2.60 bits per heavy atom. The smallest absolute Gasteiger partial charge is 0.333 e. The first kappa shape index (κ1) is 15.2. The molecule has 1 atom stereocenters. The van der Waals surface area contributed by atoms with Crippen molar-refractivity contribution in [1.29, 1.82) is 0 Å². The van der Waals surface area contributed by atoms with E-state index < -0.39 is 17.6 Å². The van der Waals surface area contributed by atoms with Gasteiger partial charge in [-0.25, -0.2) is 4.39 Å². The number of hydrogen-bond acceptors (Lipinski definition) is 3. The van der Waals surface area contributed by atoms with Gasteiger partial charge >= 0.3 is 6.18 Å². The minimum absolute atomic E-state index is 0.108. The van der Waals surface area contributed by atoms with Gasteiger partial charge in [0.25, 0.3) is 0 Å². The zero-order valence-corrected chi connectivity index (χ0v) is 11.8. The molecule has 1 aliphatic heterocycles. The zero-order valence-electron chi connectivity index (χ0n) is 11.0. The van der Waals surface area contributed by atoms with Crippen molar-refractivity contribution in [2.24, 2.45) is 10.9 Å². The Morgan fingerprint density at radius 1 is 1.35 bits per heavy atom. The van der Waals surface area contributed by atoms with Gasteiger partial charge in [-0.2, -0.15) is 13.2 Å². The summed E-state index contributed by atoms with van der Waals surface area (Å²) in [5.74, 6) is 0.364. The van der Waals surface area contributed by atoms with Crippen molar-refractivity contribution in [3.63, 3.8) is 0 Å². The summed E-state index contributed by atoms with van der Waals surface area (Å²) in [4.78, 5) is 4.34. The molecule has 1 N–H and O–H groups in total. The van der Waals surface area contributed by atoms with Gasteiger partial charge in [-0.1, -0.05) is 25.6 Å². The average molecular weight is 306 g/mol. The molecular weight excluding hydrogens is 292 g/mol. The Hall–Kier alpha value is -1.24. The predicted octanol–water partition coefficient (Wildman–Crippen LogP) is 4.38. The highest BCUT2D eigenvalue weighted by atomic mass is 32.2. The van der Waals surface area contributed by atoms with Gasteiger partial charge in [0.1, 0.15) is 5.82 Å². The second-order valence-electron chi connectivity index (χ2n) is 4.87. The first-order chi connectivity index (χ1) is 9.27. The fraction of sp³-hybridized carbons (Fsp3) is 0.462. The molecule has 7 heteroatoms. The molecule has 0 aromatic heterocycles. The van der Waals surface area contributed by atoms with E-state index in [2.05, 4.69) is 10.3 Å². The fourth-order valence-electron chi connectivity index (χ4n) is 1.71. The molecule has 0 bridgehead atoms. The van der Waals surface area contributed by atoms with Gasteiger partial charge in [-0.05, 0) is 24.1 Å². The van der Waals surface area contributed by atoms with Gasteiger partial charge in [-0.3, -0.25) is 4.99 Å². The minimum atomic E-state index is -4.49. The third-order valence-corrected chi connectivity index (χ3v) is 3.97. The molecule has 0 aliphatic carbocycles. The van der Waals surface area contributed by atoms with Crippen LogP contribution in [-0.2, 0) is 6.18 Å². The number of aliphatic imine (C=N–C) groups is 1. The van der Waals surface area contributed by atoms with Crippen molar-refractivity contribution in [3.05, 3.63) is 29.6 Å². The number of rotatable bonds is 2. The Bertz CT molecular complexity index is 526. The first-order valence-electron chi connectivity index (χ1n) is 6.11. The lowest BCUT2D eigenvalue weighted by molar-refractivity contribution is -0.137. The van der Waals surface area contributed by atoms with E-state index in [-0.39, 0.29) is 11.7 Å². The Balaban J connectivity index is 2.20. The van der Waals surface area contributed by atoms with E-state index in [9.17, 15) is 17.6 Å². The van der Waals surface area contributed by atoms with E-state index >= 15 is 0 Å². The number of anilines is 1. The topological polar surface area (TPSA) is 24.4 Å². The third kappa shape index (κ3) is 3.45. The Kier molecular flexibility index (Phi) is 4.27. The molecule has 1 aliphatic rings. The van der Waals surface area contributed by atoms with E-state index in [1.165, 1.54) is 11.8 Å². The highest BCUT2D eigenvalue weighted by Gasteiger charge is 2.31. The second-order valence-corrected chi connectivity index (χ2v) is 5.88. The summed E-state index contributed by atoms with van der Waals surface area (Å²) >= 11 is 1.39. The number of benzene rings is 1. The number of amidine groups is 1. The standard InChI is InChI=1S/C13H14F4N2S/c1-7(2)11-6-20-12(19-11)18-10-5-8(13(15,16)17)3-4-9(10)14/h3-5,7,11H,6H2,1-2H3,(H,18,19). The summed E-state index contributed by atoms with van der Waals surface area (Å²) in [6.45, 7) is 4.03. The van der Waals surface area contributed by atoms with Crippen molar-refractivity contribution in [2.75, 3.05) is 11.1 Å². The van der Waals surface area contributed by atoms with Crippen LogP contribution in [0.2, 0.25) is 0 Å². The molecule has 0 spiro atoms. The number of thioether (sulfide) groups is 1. The Labute approximate surface area is 118 Å². The van der Waals surface area contributed by atoms with Gasteiger partial charge in [0.15, 0.2) is 5.17 Å². The molecule has 0 radical (unpaired) electrons. The molecule has 0 saturated carbocycles. The lowest BCUT2D eigenvalue weighted by atomic mass is 10.1. The van der Waals surface area contributed by atoms with E-state index in [1.54, 1.807) is 0 Å². The SMILES string of the molecule is CC(C)C1CSC(Nc2cc(C(F)(F)F)ccc2F)=N1. The molecule has 0 amide bonds. The van der Waals surface area contributed by atoms with E-state index in [0.29, 0.717) is 11.1 Å². The molecule has 2 nitrogen and oxygen atoms in total. The van der Waals surface area contributed by atoms with Crippen LogP contribution in [0, 0.1) is 11.7 Å². The van der Waals surface area contributed by atoms with Crippen LogP contribution in [0.3, 0.4) is 0 Å². The highest BCUT2D eigenvalue weighted by Crippen LogP contribution is 2.32.